The lowest BCUT2D eigenvalue weighted by Gasteiger charge is -2.35. The van der Waals surface area contributed by atoms with Crippen LogP contribution >= 0.6 is 34.5 Å². The molecule has 0 bridgehead atoms. The van der Waals surface area contributed by atoms with Crippen LogP contribution in [0.5, 0.6) is 5.75 Å². The first-order valence-electron chi connectivity index (χ1n) is 8.62. The highest BCUT2D eigenvalue weighted by atomic mass is 35.5. The molecule has 1 aromatic carbocycles. The van der Waals surface area contributed by atoms with Gasteiger partial charge in [0.05, 0.1) is 11.4 Å². The fourth-order valence-electron chi connectivity index (χ4n) is 3.14. The van der Waals surface area contributed by atoms with Gasteiger partial charge in [0.2, 0.25) is 5.91 Å². The molecule has 1 saturated heterocycles. The highest BCUT2D eigenvalue weighted by Crippen LogP contribution is 2.25. The number of rotatable bonds is 6. The van der Waals surface area contributed by atoms with E-state index >= 15 is 0 Å². The molecule has 0 aliphatic carbocycles. The van der Waals surface area contributed by atoms with Crippen LogP contribution in [0.1, 0.15) is 16.9 Å². The number of thiophene rings is 1. The molecule has 7 heteroatoms. The molecule has 0 spiro atoms. The van der Waals surface area contributed by atoms with Crippen molar-refractivity contribution >= 4 is 40.4 Å². The van der Waals surface area contributed by atoms with E-state index in [4.69, 9.17) is 27.9 Å². The number of piperazine rings is 1. The van der Waals surface area contributed by atoms with Crippen molar-refractivity contribution in [1.29, 1.82) is 0 Å². The molecule has 0 atom stereocenters. The van der Waals surface area contributed by atoms with E-state index in [2.05, 4.69) is 4.90 Å². The number of amides is 1. The van der Waals surface area contributed by atoms with Crippen LogP contribution < -0.4 is 4.74 Å². The van der Waals surface area contributed by atoms with E-state index in [9.17, 15) is 4.79 Å². The van der Waals surface area contributed by atoms with E-state index in [-0.39, 0.29) is 5.91 Å². The van der Waals surface area contributed by atoms with Gasteiger partial charge in [-0.3, -0.25) is 9.69 Å². The summed E-state index contributed by atoms with van der Waals surface area (Å²) in [5, 5.41) is 0.711. The number of methoxy groups -OCH3 is 1. The van der Waals surface area contributed by atoms with Crippen molar-refractivity contribution in [2.75, 3.05) is 33.3 Å². The van der Waals surface area contributed by atoms with Crippen LogP contribution in [0.3, 0.4) is 0 Å². The normalized spacial score (nSPS) is 15.3. The predicted molar refractivity (Wildman–Crippen MR) is 108 cm³/mol. The van der Waals surface area contributed by atoms with Crippen LogP contribution in [0.15, 0.2) is 30.3 Å². The molecule has 2 aromatic rings. The summed E-state index contributed by atoms with van der Waals surface area (Å²) in [6.07, 6.45) is 1.30. The Kier molecular flexibility index (Phi) is 6.81. The number of aryl methyl sites for hydroxylation is 1. The number of halogens is 2. The minimum absolute atomic E-state index is 0.217. The number of hydrogen-bond donors (Lipinski definition) is 0. The van der Waals surface area contributed by atoms with Gasteiger partial charge in [0.15, 0.2) is 0 Å². The molecule has 0 unspecified atom stereocenters. The summed E-state index contributed by atoms with van der Waals surface area (Å²) in [5.74, 6) is 1.07. The Hall–Kier alpha value is -1.27. The molecule has 1 aliphatic rings. The van der Waals surface area contributed by atoms with E-state index < -0.39 is 0 Å². The molecular formula is C19H22Cl2N2O2S. The molecular weight excluding hydrogens is 391 g/mol. The van der Waals surface area contributed by atoms with Gasteiger partial charge in [0, 0.05) is 54.6 Å². The van der Waals surface area contributed by atoms with Gasteiger partial charge in [-0.25, -0.2) is 0 Å². The first-order chi connectivity index (χ1) is 12.5. The summed E-state index contributed by atoms with van der Waals surface area (Å²) in [6, 6.07) is 9.56. The number of nitrogens with zero attached hydrogens (tertiary/aromatic N) is 2. The van der Waals surface area contributed by atoms with Crippen molar-refractivity contribution < 1.29 is 9.53 Å². The van der Waals surface area contributed by atoms with Gasteiger partial charge >= 0.3 is 0 Å². The monoisotopic (exact) mass is 412 g/mol. The summed E-state index contributed by atoms with van der Waals surface area (Å²) < 4.78 is 6.19. The molecule has 2 heterocycles. The molecule has 3 rings (SSSR count). The largest absolute Gasteiger partial charge is 0.496 e. The van der Waals surface area contributed by atoms with Gasteiger partial charge in [0.1, 0.15) is 5.75 Å². The molecule has 0 saturated carbocycles. The van der Waals surface area contributed by atoms with E-state index in [1.165, 1.54) is 0 Å². The highest BCUT2D eigenvalue weighted by Gasteiger charge is 2.21. The Balaban J connectivity index is 1.48. The van der Waals surface area contributed by atoms with Crippen LogP contribution in [0.25, 0.3) is 0 Å². The number of hydrogen-bond acceptors (Lipinski definition) is 4. The molecule has 1 fully saturated rings. The first-order valence-corrected chi connectivity index (χ1v) is 10.2. The quantitative estimate of drug-likeness (QED) is 0.707. The summed E-state index contributed by atoms with van der Waals surface area (Å²) in [7, 11) is 1.67. The van der Waals surface area contributed by atoms with Crippen molar-refractivity contribution in [3.05, 3.63) is 50.1 Å². The lowest BCUT2D eigenvalue weighted by atomic mass is 10.1. The lowest BCUT2D eigenvalue weighted by Crippen LogP contribution is -2.48. The van der Waals surface area contributed by atoms with Gasteiger partial charge in [0.25, 0.3) is 0 Å². The van der Waals surface area contributed by atoms with Crippen LogP contribution in [-0.2, 0) is 17.8 Å². The van der Waals surface area contributed by atoms with Gasteiger partial charge < -0.3 is 9.64 Å². The van der Waals surface area contributed by atoms with Crippen LogP contribution in [-0.4, -0.2) is 49.0 Å². The van der Waals surface area contributed by atoms with E-state index in [1.807, 2.05) is 35.2 Å². The zero-order chi connectivity index (χ0) is 18.5. The van der Waals surface area contributed by atoms with Gasteiger partial charge in [-0.2, -0.15) is 0 Å². The predicted octanol–water partition coefficient (Wildman–Crippen LogP) is 4.34. The minimum atomic E-state index is 0.217. The zero-order valence-electron chi connectivity index (χ0n) is 14.7. The number of benzene rings is 1. The third-order valence-corrected chi connectivity index (χ3v) is 6.10. The van der Waals surface area contributed by atoms with Crippen LogP contribution in [0.2, 0.25) is 9.36 Å². The smallest absolute Gasteiger partial charge is 0.223 e. The van der Waals surface area contributed by atoms with E-state index in [1.54, 1.807) is 18.4 Å². The Bertz CT molecular complexity index is 758. The Labute approximate surface area is 168 Å². The molecule has 26 heavy (non-hydrogen) atoms. The molecule has 1 aromatic heterocycles. The van der Waals surface area contributed by atoms with Crippen molar-refractivity contribution in [2.45, 2.75) is 19.4 Å². The average molecular weight is 413 g/mol. The van der Waals surface area contributed by atoms with Crippen molar-refractivity contribution in [1.82, 2.24) is 9.80 Å². The molecule has 1 amide bonds. The number of carbonyl (C=O) groups is 1. The third-order valence-electron chi connectivity index (χ3n) is 4.58. The van der Waals surface area contributed by atoms with E-state index in [0.717, 1.165) is 59.7 Å². The summed E-state index contributed by atoms with van der Waals surface area (Å²) in [6.45, 7) is 4.00. The second kappa shape index (κ2) is 9.09. The topological polar surface area (TPSA) is 32.8 Å². The van der Waals surface area contributed by atoms with Crippen LogP contribution in [0.4, 0.5) is 0 Å². The molecule has 4 nitrogen and oxygen atoms in total. The fourth-order valence-corrected chi connectivity index (χ4v) is 4.42. The maximum absolute atomic E-state index is 12.4. The number of ether oxygens (including phenoxy) is 1. The second-order valence-corrected chi connectivity index (χ2v) is 8.55. The maximum Gasteiger partial charge on any atom is 0.223 e. The van der Waals surface area contributed by atoms with Gasteiger partial charge in [-0.05, 0) is 36.8 Å². The van der Waals surface area contributed by atoms with E-state index in [0.29, 0.717) is 11.4 Å². The third kappa shape index (κ3) is 5.13. The van der Waals surface area contributed by atoms with Crippen molar-refractivity contribution in [3.8, 4) is 5.75 Å². The van der Waals surface area contributed by atoms with Gasteiger partial charge in [-0.1, -0.05) is 23.2 Å². The number of carbonyl (C=O) groups excluding carboxylic acids is 1. The van der Waals surface area contributed by atoms with Crippen molar-refractivity contribution in [2.24, 2.45) is 0 Å². The minimum Gasteiger partial charge on any atom is -0.496 e. The average Bonchev–Trinajstić information content (AvgIpc) is 3.06. The standard InChI is InChI=1S/C19H22Cl2N2O2S/c1-25-17-5-2-15(20)12-14(17)13-22-8-10-23(11-9-22)19(24)7-4-16-3-6-18(21)26-16/h2-3,5-6,12H,4,7-11,13H2,1H3. The highest BCUT2D eigenvalue weighted by molar-refractivity contribution is 7.16. The first kappa shape index (κ1) is 19.5. The molecule has 0 N–H and O–H groups in total. The Morgan fingerprint density at radius 1 is 1.15 bits per heavy atom. The summed E-state index contributed by atoms with van der Waals surface area (Å²) in [4.78, 5) is 17.9. The van der Waals surface area contributed by atoms with Gasteiger partial charge in [-0.15, -0.1) is 11.3 Å². The summed E-state index contributed by atoms with van der Waals surface area (Å²) in [5.41, 5.74) is 1.08. The fraction of sp³-hybridized carbons (Fsp3) is 0.421. The second-order valence-electron chi connectivity index (χ2n) is 6.32. The Morgan fingerprint density at radius 3 is 2.58 bits per heavy atom. The maximum atomic E-state index is 12.4. The van der Waals surface area contributed by atoms with Crippen LogP contribution in [0, 0.1) is 0 Å². The molecule has 140 valence electrons. The summed E-state index contributed by atoms with van der Waals surface area (Å²) >= 11 is 13.6. The lowest BCUT2D eigenvalue weighted by molar-refractivity contribution is -0.132. The molecule has 0 radical (unpaired) electrons. The molecule has 1 aliphatic heterocycles. The Morgan fingerprint density at radius 2 is 1.92 bits per heavy atom. The zero-order valence-corrected chi connectivity index (χ0v) is 17.0. The SMILES string of the molecule is COc1ccc(Cl)cc1CN1CCN(C(=O)CCc2ccc(Cl)s2)CC1. The van der Waals surface area contributed by atoms with Crippen molar-refractivity contribution in [3.63, 3.8) is 0 Å².